The third-order valence-electron chi connectivity index (χ3n) is 3.40. The van der Waals surface area contributed by atoms with E-state index >= 15 is 0 Å². The van der Waals surface area contributed by atoms with Crippen molar-refractivity contribution in [1.82, 2.24) is 14.7 Å². The van der Waals surface area contributed by atoms with Crippen molar-refractivity contribution in [2.24, 2.45) is 0 Å². The minimum absolute atomic E-state index is 0.281. The summed E-state index contributed by atoms with van der Waals surface area (Å²) >= 11 is 0. The molecule has 0 atom stereocenters. The van der Waals surface area contributed by atoms with Crippen LogP contribution < -0.4 is 0 Å². The highest BCUT2D eigenvalue weighted by molar-refractivity contribution is 8.25. The number of nitrogens with zero attached hydrogens (tertiary/aromatic N) is 3. The lowest BCUT2D eigenvalue weighted by atomic mass is 10.2. The molecule has 2 aromatic rings. The van der Waals surface area contributed by atoms with Gasteiger partial charge in [-0.1, -0.05) is 12.1 Å². The van der Waals surface area contributed by atoms with Crippen LogP contribution in [-0.4, -0.2) is 33.8 Å². The lowest BCUT2D eigenvalue weighted by Gasteiger charge is -2.20. The Labute approximate surface area is 134 Å². The molecule has 0 saturated heterocycles. The largest absolute Gasteiger partial charge is 0.344 e. The number of amides is 1. The number of hydrogen-bond donors (Lipinski definition) is 0. The van der Waals surface area contributed by atoms with Crippen LogP contribution in [0.5, 0.6) is 0 Å². The summed E-state index contributed by atoms with van der Waals surface area (Å²) in [5.74, 6) is -1.17. The highest BCUT2D eigenvalue weighted by atomic mass is 32.3. The summed E-state index contributed by atoms with van der Waals surface area (Å²) in [6, 6.07) is 5.09. The van der Waals surface area contributed by atoms with Crippen molar-refractivity contribution in [1.29, 1.82) is 0 Å². The first kappa shape index (κ1) is 17.4. The summed E-state index contributed by atoms with van der Waals surface area (Å²) in [6.07, 6.45) is 0.715. The Morgan fingerprint density at radius 2 is 1.96 bits per heavy atom. The summed E-state index contributed by atoms with van der Waals surface area (Å²) in [7, 11) is -4.62. The van der Waals surface area contributed by atoms with E-state index in [1.54, 1.807) is 26.8 Å². The van der Waals surface area contributed by atoms with E-state index in [1.807, 2.05) is 0 Å². The molecule has 0 aliphatic rings. The third kappa shape index (κ3) is 3.36. The van der Waals surface area contributed by atoms with Crippen LogP contribution in [0.15, 0.2) is 40.4 Å². The fourth-order valence-electron chi connectivity index (χ4n) is 2.13. The number of benzene rings is 1. The zero-order chi connectivity index (χ0) is 17.2. The normalized spacial score (nSPS) is 12.3. The molecule has 0 bridgehead atoms. The van der Waals surface area contributed by atoms with Gasteiger partial charge in [0.2, 0.25) is 0 Å². The lowest BCUT2D eigenvalue weighted by molar-refractivity contribution is 0.201. The Morgan fingerprint density at radius 3 is 2.52 bits per heavy atom. The molecule has 2 rings (SSSR count). The van der Waals surface area contributed by atoms with Gasteiger partial charge in [-0.25, -0.2) is 9.18 Å². The van der Waals surface area contributed by atoms with E-state index in [0.29, 0.717) is 29.5 Å². The molecule has 0 unspecified atom stereocenters. The maximum atomic E-state index is 14.6. The van der Waals surface area contributed by atoms with Crippen LogP contribution in [0.25, 0.3) is 0 Å². The predicted molar refractivity (Wildman–Crippen MR) is 83.4 cm³/mol. The zero-order valence-electron chi connectivity index (χ0n) is 13.1. The number of aryl methyl sites for hydroxylation is 1. The molecule has 23 heavy (non-hydrogen) atoms. The van der Waals surface area contributed by atoms with Gasteiger partial charge in [-0.15, -0.1) is 7.77 Å². The van der Waals surface area contributed by atoms with Gasteiger partial charge < -0.3 is 4.90 Å². The molecule has 1 heterocycles. The van der Waals surface area contributed by atoms with Gasteiger partial charge in [0.15, 0.2) is 10.8 Å². The first-order valence-corrected chi connectivity index (χ1v) is 8.58. The fourth-order valence-corrected chi connectivity index (χ4v) is 3.43. The molecule has 0 N–H and O–H groups in total. The lowest BCUT2D eigenvalue weighted by Crippen LogP contribution is -2.34. The molecule has 8 heteroatoms. The zero-order valence-corrected chi connectivity index (χ0v) is 13.9. The summed E-state index contributed by atoms with van der Waals surface area (Å²) in [5, 5.41) is 2.57. The summed E-state index contributed by atoms with van der Waals surface area (Å²) in [4.78, 5) is 13.2. The molecular weight excluding hydrogens is 327 g/mol. The minimum Gasteiger partial charge on any atom is -0.323 e. The van der Waals surface area contributed by atoms with Gasteiger partial charge in [0.05, 0.1) is 11.1 Å². The Balaban J connectivity index is 2.43. The van der Waals surface area contributed by atoms with Crippen LogP contribution in [0.3, 0.4) is 0 Å². The van der Waals surface area contributed by atoms with E-state index in [4.69, 9.17) is 0 Å². The highest BCUT2D eigenvalue weighted by Gasteiger charge is 2.36. The van der Waals surface area contributed by atoms with Crippen molar-refractivity contribution >= 4 is 16.8 Å². The van der Waals surface area contributed by atoms with Crippen LogP contribution in [0.2, 0.25) is 0 Å². The number of rotatable bonds is 4. The Bertz CT molecular complexity index is 714. The van der Waals surface area contributed by atoms with E-state index in [1.165, 1.54) is 23.1 Å². The molecular formula is C15H18F3N3OS. The van der Waals surface area contributed by atoms with Gasteiger partial charge >= 0.3 is 6.03 Å². The molecule has 0 aliphatic carbocycles. The van der Waals surface area contributed by atoms with Crippen LogP contribution in [0, 0.1) is 12.7 Å². The molecule has 126 valence electrons. The van der Waals surface area contributed by atoms with Gasteiger partial charge in [0, 0.05) is 13.1 Å². The Kier molecular flexibility index (Phi) is 5.03. The minimum atomic E-state index is -4.62. The average Bonchev–Trinajstić information content (AvgIpc) is 2.91. The van der Waals surface area contributed by atoms with E-state index in [0.717, 1.165) is 0 Å². The molecule has 0 aliphatic heterocycles. The second-order valence-electron chi connectivity index (χ2n) is 4.97. The standard InChI is InChI=1S/C15H18F3N3OS/c1-4-20(5-2)15(22)21-10-13(16)14(19-21)23(17,18)12-8-6-7-11(3)9-12/h6-10H,4-5H2,1-3H3. The first-order valence-electron chi connectivity index (χ1n) is 7.15. The van der Waals surface area contributed by atoms with Crippen molar-refractivity contribution in [3.8, 4) is 0 Å². The van der Waals surface area contributed by atoms with Crippen molar-refractivity contribution in [2.75, 3.05) is 13.1 Å². The summed E-state index contributed by atoms with van der Waals surface area (Å²) < 4.78 is 43.9. The smallest absolute Gasteiger partial charge is 0.323 e. The van der Waals surface area contributed by atoms with Gasteiger partial charge in [-0.2, -0.15) is 9.78 Å². The quantitative estimate of drug-likeness (QED) is 0.810. The maximum absolute atomic E-state index is 14.6. The van der Waals surface area contributed by atoms with Gasteiger partial charge in [0.1, 0.15) is 10.8 Å². The number of halogens is 3. The van der Waals surface area contributed by atoms with Gasteiger partial charge in [-0.3, -0.25) is 0 Å². The van der Waals surface area contributed by atoms with Gasteiger partial charge in [0.25, 0.3) is 0 Å². The molecule has 4 nitrogen and oxygen atoms in total. The molecule has 1 aromatic carbocycles. The number of carbonyl (C=O) groups excluding carboxylic acids is 1. The van der Waals surface area contributed by atoms with Crippen molar-refractivity contribution < 1.29 is 17.0 Å². The average molecular weight is 345 g/mol. The monoisotopic (exact) mass is 345 g/mol. The van der Waals surface area contributed by atoms with E-state index < -0.39 is 27.7 Å². The van der Waals surface area contributed by atoms with Crippen LogP contribution >= 0.6 is 10.8 Å². The number of hydrogen-bond acceptors (Lipinski definition) is 2. The fraction of sp³-hybridized carbons (Fsp3) is 0.333. The Hall–Kier alpha value is -1.96. The second kappa shape index (κ2) is 6.66. The van der Waals surface area contributed by atoms with Crippen molar-refractivity contribution in [2.45, 2.75) is 30.7 Å². The second-order valence-corrected chi connectivity index (χ2v) is 6.76. The number of carbonyl (C=O) groups is 1. The molecule has 0 radical (unpaired) electrons. The molecule has 0 saturated carbocycles. The molecule has 1 aromatic heterocycles. The SMILES string of the molecule is CCN(CC)C(=O)n1cc(F)c(S(F)(F)c2cccc(C)c2)n1. The number of aromatic nitrogens is 2. The van der Waals surface area contributed by atoms with Gasteiger partial charge in [-0.05, 0) is 38.5 Å². The highest BCUT2D eigenvalue weighted by Crippen LogP contribution is 2.65. The summed E-state index contributed by atoms with van der Waals surface area (Å²) in [5.41, 5.74) is 0.647. The molecule has 0 spiro atoms. The maximum Gasteiger partial charge on any atom is 0.344 e. The topological polar surface area (TPSA) is 38.1 Å². The Morgan fingerprint density at radius 1 is 1.30 bits per heavy atom. The van der Waals surface area contributed by atoms with Crippen LogP contribution in [-0.2, 0) is 0 Å². The predicted octanol–water partition coefficient (Wildman–Crippen LogP) is 4.63. The van der Waals surface area contributed by atoms with E-state index in [9.17, 15) is 17.0 Å². The van der Waals surface area contributed by atoms with Crippen molar-refractivity contribution in [3.05, 3.63) is 41.8 Å². The van der Waals surface area contributed by atoms with E-state index in [-0.39, 0.29) is 4.90 Å². The molecule has 0 fully saturated rings. The van der Waals surface area contributed by atoms with Crippen molar-refractivity contribution in [3.63, 3.8) is 0 Å². The summed E-state index contributed by atoms with van der Waals surface area (Å²) in [6.45, 7) is 5.93. The molecule has 1 amide bonds. The van der Waals surface area contributed by atoms with E-state index in [2.05, 4.69) is 5.10 Å². The van der Waals surface area contributed by atoms with Crippen LogP contribution in [0.1, 0.15) is 19.4 Å². The first-order chi connectivity index (χ1) is 10.8. The third-order valence-corrected chi connectivity index (χ3v) is 5.01. The van der Waals surface area contributed by atoms with Crippen LogP contribution in [0.4, 0.5) is 17.0 Å².